The molecule has 1 aromatic rings. The van der Waals surface area contributed by atoms with Gasteiger partial charge in [0.2, 0.25) is 15.9 Å². The van der Waals surface area contributed by atoms with Gasteiger partial charge in [0.1, 0.15) is 11.6 Å². The predicted octanol–water partition coefficient (Wildman–Crippen LogP) is 1.50. The molecule has 1 N–H and O–H groups in total. The van der Waals surface area contributed by atoms with Crippen LogP contribution in [-0.2, 0) is 14.8 Å². The lowest BCUT2D eigenvalue weighted by atomic mass is 10.2. The van der Waals surface area contributed by atoms with Gasteiger partial charge >= 0.3 is 0 Å². The first kappa shape index (κ1) is 16.8. The lowest BCUT2D eigenvalue weighted by molar-refractivity contribution is -0.128. The fourth-order valence-corrected chi connectivity index (χ4v) is 3.70. The van der Waals surface area contributed by atoms with Crippen LogP contribution in [0.5, 0.6) is 0 Å². The van der Waals surface area contributed by atoms with Crippen molar-refractivity contribution < 1.29 is 22.0 Å². The molecule has 1 fully saturated rings. The van der Waals surface area contributed by atoms with Crippen LogP contribution in [0.1, 0.15) is 19.8 Å². The van der Waals surface area contributed by atoms with Gasteiger partial charge in [-0.3, -0.25) is 4.79 Å². The second-order valence-electron chi connectivity index (χ2n) is 5.45. The van der Waals surface area contributed by atoms with Crippen molar-refractivity contribution in [3.63, 3.8) is 0 Å². The lowest BCUT2D eigenvalue weighted by Gasteiger charge is -2.21. The van der Waals surface area contributed by atoms with Crippen molar-refractivity contribution >= 4 is 15.9 Å². The van der Waals surface area contributed by atoms with Crippen LogP contribution in [0.2, 0.25) is 0 Å². The number of hydrogen-bond acceptors (Lipinski definition) is 3. The number of amides is 1. The third-order valence-electron chi connectivity index (χ3n) is 3.51. The normalized spacial score (nSPS) is 17.0. The average Bonchev–Trinajstić information content (AvgIpc) is 2.82. The summed E-state index contributed by atoms with van der Waals surface area (Å²) in [6, 6.07) is 2.89. The van der Waals surface area contributed by atoms with E-state index in [1.807, 2.05) is 0 Å². The standard InChI is InChI=1S/C14H18F2N2O3S/c1-10(9-18-7-3-6-13(18)19)8-17-22(20,21)14-11(15)4-2-5-12(14)16/h2,4-5,10,17H,3,6-9H2,1H3. The van der Waals surface area contributed by atoms with Crippen LogP contribution in [0.25, 0.3) is 0 Å². The number of carbonyl (C=O) groups is 1. The van der Waals surface area contributed by atoms with Gasteiger partial charge in [0.15, 0.2) is 4.90 Å². The molecule has 1 aliphatic heterocycles. The van der Waals surface area contributed by atoms with Gasteiger partial charge in [-0.05, 0) is 24.5 Å². The fraction of sp³-hybridized carbons (Fsp3) is 0.500. The molecule has 0 aliphatic carbocycles. The predicted molar refractivity (Wildman–Crippen MR) is 76.5 cm³/mol. The zero-order valence-electron chi connectivity index (χ0n) is 12.2. The van der Waals surface area contributed by atoms with Crippen LogP contribution >= 0.6 is 0 Å². The maximum atomic E-state index is 13.5. The molecule has 0 aromatic heterocycles. The van der Waals surface area contributed by atoms with Gasteiger partial charge < -0.3 is 4.90 Å². The molecule has 122 valence electrons. The van der Waals surface area contributed by atoms with Gasteiger partial charge in [-0.1, -0.05) is 13.0 Å². The number of nitrogens with one attached hydrogen (secondary N) is 1. The summed E-state index contributed by atoms with van der Waals surface area (Å²) in [4.78, 5) is 12.2. The Morgan fingerprint density at radius 3 is 2.50 bits per heavy atom. The molecule has 5 nitrogen and oxygen atoms in total. The molecule has 0 saturated carbocycles. The third kappa shape index (κ3) is 3.80. The number of sulfonamides is 1. The molecule has 1 aromatic carbocycles. The Balaban J connectivity index is 1.99. The lowest BCUT2D eigenvalue weighted by Crippen LogP contribution is -2.36. The molecule has 2 rings (SSSR count). The highest BCUT2D eigenvalue weighted by Crippen LogP contribution is 2.18. The quantitative estimate of drug-likeness (QED) is 0.858. The number of likely N-dealkylation sites (tertiary alicyclic amines) is 1. The first-order valence-electron chi connectivity index (χ1n) is 7.02. The summed E-state index contributed by atoms with van der Waals surface area (Å²) in [5.74, 6) is -2.37. The zero-order valence-corrected chi connectivity index (χ0v) is 13.0. The molecular formula is C14H18F2N2O3S. The van der Waals surface area contributed by atoms with Crippen LogP contribution in [-0.4, -0.2) is 38.9 Å². The van der Waals surface area contributed by atoms with E-state index in [0.29, 0.717) is 19.5 Å². The monoisotopic (exact) mass is 332 g/mol. The van der Waals surface area contributed by atoms with E-state index >= 15 is 0 Å². The third-order valence-corrected chi connectivity index (χ3v) is 4.99. The number of benzene rings is 1. The minimum atomic E-state index is -4.27. The molecule has 1 heterocycles. The van der Waals surface area contributed by atoms with E-state index in [0.717, 1.165) is 24.6 Å². The zero-order chi connectivity index (χ0) is 16.3. The van der Waals surface area contributed by atoms with Crippen molar-refractivity contribution in [2.24, 2.45) is 5.92 Å². The molecule has 1 saturated heterocycles. The number of carbonyl (C=O) groups excluding carboxylic acids is 1. The van der Waals surface area contributed by atoms with Crippen LogP contribution in [0, 0.1) is 17.6 Å². The second kappa shape index (κ2) is 6.70. The van der Waals surface area contributed by atoms with Gasteiger partial charge in [0, 0.05) is 26.1 Å². The van der Waals surface area contributed by atoms with E-state index in [1.165, 1.54) is 0 Å². The van der Waals surface area contributed by atoms with Crippen molar-refractivity contribution in [1.29, 1.82) is 0 Å². The molecule has 0 bridgehead atoms. The highest BCUT2D eigenvalue weighted by molar-refractivity contribution is 7.89. The topological polar surface area (TPSA) is 66.5 Å². The Kier molecular flexibility index (Phi) is 5.12. The summed E-state index contributed by atoms with van der Waals surface area (Å²) in [6.45, 7) is 2.85. The van der Waals surface area contributed by atoms with Gasteiger partial charge in [-0.15, -0.1) is 0 Å². The van der Waals surface area contributed by atoms with Crippen LogP contribution in [0.15, 0.2) is 23.1 Å². The Labute approximate surface area is 128 Å². The van der Waals surface area contributed by atoms with Crippen molar-refractivity contribution in [2.45, 2.75) is 24.7 Å². The molecule has 1 amide bonds. The molecule has 1 unspecified atom stereocenters. The van der Waals surface area contributed by atoms with Crippen LogP contribution in [0.4, 0.5) is 8.78 Å². The summed E-state index contributed by atoms with van der Waals surface area (Å²) in [5, 5.41) is 0. The van der Waals surface area contributed by atoms with Gasteiger partial charge in [0.25, 0.3) is 0 Å². The summed E-state index contributed by atoms with van der Waals surface area (Å²) >= 11 is 0. The number of nitrogens with zero attached hydrogens (tertiary/aromatic N) is 1. The van der Waals surface area contributed by atoms with Crippen molar-refractivity contribution in [1.82, 2.24) is 9.62 Å². The Bertz CT molecular complexity index is 644. The highest BCUT2D eigenvalue weighted by Gasteiger charge is 2.26. The molecular weight excluding hydrogens is 314 g/mol. The number of hydrogen-bond donors (Lipinski definition) is 1. The molecule has 0 spiro atoms. The molecule has 0 radical (unpaired) electrons. The van der Waals surface area contributed by atoms with Crippen molar-refractivity contribution in [3.05, 3.63) is 29.8 Å². The molecule has 1 aliphatic rings. The van der Waals surface area contributed by atoms with Crippen LogP contribution in [0.3, 0.4) is 0 Å². The van der Waals surface area contributed by atoms with Crippen molar-refractivity contribution in [2.75, 3.05) is 19.6 Å². The molecule has 22 heavy (non-hydrogen) atoms. The highest BCUT2D eigenvalue weighted by atomic mass is 32.2. The summed E-state index contributed by atoms with van der Waals surface area (Å²) in [6.07, 6.45) is 1.32. The summed E-state index contributed by atoms with van der Waals surface area (Å²) < 4.78 is 53.3. The van der Waals surface area contributed by atoms with Crippen molar-refractivity contribution in [3.8, 4) is 0 Å². The Morgan fingerprint density at radius 2 is 1.95 bits per heavy atom. The average molecular weight is 332 g/mol. The largest absolute Gasteiger partial charge is 0.342 e. The molecule has 1 atom stereocenters. The second-order valence-corrected chi connectivity index (χ2v) is 7.15. The van der Waals surface area contributed by atoms with E-state index in [4.69, 9.17) is 0 Å². The minimum absolute atomic E-state index is 0.000111. The smallest absolute Gasteiger partial charge is 0.246 e. The van der Waals surface area contributed by atoms with E-state index in [-0.39, 0.29) is 18.4 Å². The van der Waals surface area contributed by atoms with Gasteiger partial charge in [-0.2, -0.15) is 0 Å². The first-order valence-corrected chi connectivity index (χ1v) is 8.51. The maximum Gasteiger partial charge on any atom is 0.246 e. The number of rotatable bonds is 6. The van der Waals surface area contributed by atoms with E-state index in [9.17, 15) is 22.0 Å². The SMILES string of the molecule is CC(CNS(=O)(=O)c1c(F)cccc1F)CN1CCCC1=O. The van der Waals surface area contributed by atoms with Gasteiger partial charge in [-0.25, -0.2) is 21.9 Å². The summed E-state index contributed by atoms with van der Waals surface area (Å²) in [7, 11) is -4.27. The van der Waals surface area contributed by atoms with Gasteiger partial charge in [0.05, 0.1) is 0 Å². The van der Waals surface area contributed by atoms with E-state index in [1.54, 1.807) is 11.8 Å². The summed E-state index contributed by atoms with van der Waals surface area (Å²) in [5.41, 5.74) is 0. The molecule has 8 heteroatoms. The Morgan fingerprint density at radius 1 is 1.32 bits per heavy atom. The fourth-order valence-electron chi connectivity index (χ4n) is 2.40. The Hall–Kier alpha value is -1.54. The van der Waals surface area contributed by atoms with Crippen LogP contribution < -0.4 is 4.72 Å². The maximum absolute atomic E-state index is 13.5. The van der Waals surface area contributed by atoms with E-state index in [2.05, 4.69) is 4.72 Å². The number of halogens is 2. The minimum Gasteiger partial charge on any atom is -0.342 e. The first-order chi connectivity index (χ1) is 10.3. The van der Waals surface area contributed by atoms with E-state index < -0.39 is 26.6 Å².